The van der Waals surface area contributed by atoms with Crippen LogP contribution in [0.25, 0.3) is 0 Å². The number of hydrogen-bond acceptors (Lipinski definition) is 3. The molecule has 0 saturated carbocycles. The second-order valence-electron chi connectivity index (χ2n) is 8.96. The van der Waals surface area contributed by atoms with Crippen LogP contribution >= 0.6 is 23.4 Å². The van der Waals surface area contributed by atoms with E-state index >= 15 is 0 Å². The van der Waals surface area contributed by atoms with Crippen molar-refractivity contribution in [2.75, 3.05) is 5.75 Å². The summed E-state index contributed by atoms with van der Waals surface area (Å²) >= 11 is 7.83. The Bertz CT molecular complexity index is 1080. The van der Waals surface area contributed by atoms with Gasteiger partial charge in [0.2, 0.25) is 11.8 Å². The number of nitrogens with one attached hydrogen (secondary N) is 1. The van der Waals surface area contributed by atoms with Crippen molar-refractivity contribution < 1.29 is 9.59 Å². The second kappa shape index (κ2) is 14.7. The van der Waals surface area contributed by atoms with Crippen LogP contribution in [-0.4, -0.2) is 34.6 Å². The van der Waals surface area contributed by atoms with Crippen LogP contribution in [-0.2, 0) is 28.3 Å². The molecule has 3 aromatic rings. The molecule has 0 aliphatic rings. The zero-order valence-corrected chi connectivity index (χ0v) is 22.6. The lowest BCUT2D eigenvalue weighted by Crippen LogP contribution is -2.52. The van der Waals surface area contributed by atoms with Crippen LogP contribution in [0.2, 0.25) is 5.02 Å². The molecule has 2 amide bonds. The first kappa shape index (κ1) is 27.8. The number of carbonyl (C=O) groups excluding carboxylic acids is 2. The largest absolute Gasteiger partial charge is 0.352 e. The molecule has 0 spiro atoms. The van der Waals surface area contributed by atoms with Crippen LogP contribution in [0.5, 0.6) is 0 Å². The Labute approximate surface area is 224 Å². The fraction of sp³-hybridized carbons (Fsp3) is 0.333. The number of hydrogen-bond donors (Lipinski definition) is 1. The van der Waals surface area contributed by atoms with Gasteiger partial charge in [0.1, 0.15) is 6.04 Å². The summed E-state index contributed by atoms with van der Waals surface area (Å²) in [6.07, 6.45) is 1.65. The quantitative estimate of drug-likeness (QED) is 0.260. The fourth-order valence-electron chi connectivity index (χ4n) is 3.85. The van der Waals surface area contributed by atoms with Crippen LogP contribution in [0.1, 0.15) is 43.4 Å². The van der Waals surface area contributed by atoms with E-state index in [9.17, 15) is 9.59 Å². The third-order valence-corrected chi connectivity index (χ3v) is 7.39. The Morgan fingerprint density at radius 2 is 1.50 bits per heavy atom. The van der Waals surface area contributed by atoms with E-state index in [0.29, 0.717) is 30.2 Å². The van der Waals surface area contributed by atoms with Crippen molar-refractivity contribution in [1.29, 1.82) is 0 Å². The summed E-state index contributed by atoms with van der Waals surface area (Å²) in [4.78, 5) is 28.9. The highest BCUT2D eigenvalue weighted by Gasteiger charge is 2.30. The fourth-order valence-corrected chi connectivity index (χ4v) is 4.87. The number of amides is 2. The molecule has 0 aromatic heterocycles. The van der Waals surface area contributed by atoms with E-state index in [1.807, 2.05) is 86.6 Å². The SMILES string of the molecule is CC[C@@H](C)NC(=O)[C@@H](Cc1ccccc1)N(Cc1ccc(Cl)cc1)C(=O)CCSCc1ccccc1. The molecule has 0 saturated heterocycles. The standard InChI is InChI=1S/C30H35ClN2O2S/c1-3-23(2)32-30(35)28(20-24-10-6-4-7-11-24)33(21-25-14-16-27(31)17-15-25)29(34)18-19-36-22-26-12-8-5-9-13-26/h4-17,23,28H,3,18-22H2,1-2H3,(H,32,35)/t23-,28-/m1/s1. The van der Waals surface area contributed by atoms with Crippen LogP contribution < -0.4 is 5.32 Å². The van der Waals surface area contributed by atoms with Crippen molar-refractivity contribution in [3.05, 3.63) is 107 Å². The molecule has 3 aromatic carbocycles. The molecule has 0 aliphatic carbocycles. The monoisotopic (exact) mass is 522 g/mol. The van der Waals surface area contributed by atoms with Gasteiger partial charge in [-0.05, 0) is 42.2 Å². The maximum Gasteiger partial charge on any atom is 0.243 e. The van der Waals surface area contributed by atoms with Crippen molar-refractivity contribution in [2.24, 2.45) is 0 Å². The van der Waals surface area contributed by atoms with E-state index in [-0.39, 0.29) is 17.9 Å². The lowest BCUT2D eigenvalue weighted by molar-refractivity contribution is -0.141. The van der Waals surface area contributed by atoms with E-state index in [1.54, 1.807) is 16.7 Å². The van der Waals surface area contributed by atoms with Gasteiger partial charge in [-0.2, -0.15) is 11.8 Å². The molecule has 4 nitrogen and oxygen atoms in total. The summed E-state index contributed by atoms with van der Waals surface area (Å²) in [5.74, 6) is 1.40. The molecular weight excluding hydrogens is 488 g/mol. The van der Waals surface area contributed by atoms with E-state index in [1.165, 1.54) is 5.56 Å². The van der Waals surface area contributed by atoms with E-state index in [2.05, 4.69) is 17.4 Å². The Kier molecular flexibility index (Phi) is 11.4. The van der Waals surface area contributed by atoms with Gasteiger partial charge in [0, 0.05) is 42.0 Å². The smallest absolute Gasteiger partial charge is 0.243 e. The lowest BCUT2D eigenvalue weighted by Gasteiger charge is -2.32. The third kappa shape index (κ3) is 9.03. The molecule has 2 atom stereocenters. The van der Waals surface area contributed by atoms with E-state index in [4.69, 9.17) is 11.6 Å². The maximum absolute atomic E-state index is 13.6. The van der Waals surface area contributed by atoms with Crippen LogP contribution in [0.15, 0.2) is 84.9 Å². The first-order chi connectivity index (χ1) is 17.5. The predicted molar refractivity (Wildman–Crippen MR) is 151 cm³/mol. The molecule has 0 radical (unpaired) electrons. The van der Waals surface area contributed by atoms with Gasteiger partial charge in [-0.3, -0.25) is 9.59 Å². The highest BCUT2D eigenvalue weighted by Crippen LogP contribution is 2.19. The number of halogens is 1. The normalized spacial score (nSPS) is 12.5. The van der Waals surface area contributed by atoms with Gasteiger partial charge < -0.3 is 10.2 Å². The molecule has 0 aliphatic heterocycles. The molecule has 0 unspecified atom stereocenters. The Hall–Kier alpha value is -2.76. The van der Waals surface area contributed by atoms with Crippen LogP contribution in [0, 0.1) is 0 Å². The molecule has 6 heteroatoms. The summed E-state index contributed by atoms with van der Waals surface area (Å²) in [5.41, 5.74) is 3.20. The maximum atomic E-state index is 13.6. The molecule has 190 valence electrons. The van der Waals surface area contributed by atoms with Gasteiger partial charge in [-0.15, -0.1) is 0 Å². The van der Waals surface area contributed by atoms with Gasteiger partial charge in [0.15, 0.2) is 0 Å². The van der Waals surface area contributed by atoms with Gasteiger partial charge in [0.25, 0.3) is 0 Å². The first-order valence-electron chi connectivity index (χ1n) is 12.5. The minimum atomic E-state index is -0.608. The van der Waals surface area contributed by atoms with E-state index in [0.717, 1.165) is 23.3 Å². The Morgan fingerprint density at radius 3 is 2.11 bits per heavy atom. The summed E-state index contributed by atoms with van der Waals surface area (Å²) in [7, 11) is 0. The van der Waals surface area contributed by atoms with Gasteiger partial charge in [-0.1, -0.05) is 91.3 Å². The summed E-state index contributed by atoms with van der Waals surface area (Å²) in [5, 5.41) is 3.75. The molecule has 0 heterocycles. The topological polar surface area (TPSA) is 49.4 Å². The van der Waals surface area contributed by atoms with Crippen molar-refractivity contribution in [3.63, 3.8) is 0 Å². The average molecular weight is 523 g/mol. The summed E-state index contributed by atoms with van der Waals surface area (Å²) < 4.78 is 0. The first-order valence-corrected chi connectivity index (χ1v) is 14.0. The summed E-state index contributed by atoms with van der Waals surface area (Å²) in [6.45, 7) is 4.38. The second-order valence-corrected chi connectivity index (χ2v) is 10.5. The predicted octanol–water partition coefficient (Wildman–Crippen LogP) is 6.52. The van der Waals surface area contributed by atoms with Crippen molar-refractivity contribution in [3.8, 4) is 0 Å². The zero-order valence-electron chi connectivity index (χ0n) is 21.0. The minimum absolute atomic E-state index is 0.0225. The van der Waals surface area contributed by atoms with Gasteiger partial charge >= 0.3 is 0 Å². The van der Waals surface area contributed by atoms with Crippen molar-refractivity contribution in [1.82, 2.24) is 10.2 Å². The number of benzene rings is 3. The minimum Gasteiger partial charge on any atom is -0.352 e. The van der Waals surface area contributed by atoms with Crippen molar-refractivity contribution in [2.45, 2.75) is 57.5 Å². The number of rotatable bonds is 13. The molecule has 36 heavy (non-hydrogen) atoms. The van der Waals surface area contributed by atoms with Gasteiger partial charge in [-0.25, -0.2) is 0 Å². The molecule has 3 rings (SSSR count). The number of nitrogens with zero attached hydrogens (tertiary/aromatic N) is 1. The molecule has 1 N–H and O–H groups in total. The zero-order chi connectivity index (χ0) is 25.8. The molecule has 0 fully saturated rings. The number of thioether (sulfide) groups is 1. The Balaban J connectivity index is 1.80. The lowest BCUT2D eigenvalue weighted by atomic mass is 10.0. The molecular formula is C30H35ClN2O2S. The average Bonchev–Trinajstić information content (AvgIpc) is 2.90. The highest BCUT2D eigenvalue weighted by atomic mass is 35.5. The Morgan fingerprint density at radius 1 is 0.889 bits per heavy atom. The van der Waals surface area contributed by atoms with Gasteiger partial charge in [0.05, 0.1) is 0 Å². The van der Waals surface area contributed by atoms with Crippen molar-refractivity contribution >= 4 is 35.2 Å². The van der Waals surface area contributed by atoms with Crippen LogP contribution in [0.4, 0.5) is 0 Å². The molecule has 0 bridgehead atoms. The third-order valence-electron chi connectivity index (χ3n) is 6.11. The number of carbonyl (C=O) groups is 2. The highest BCUT2D eigenvalue weighted by molar-refractivity contribution is 7.98. The van der Waals surface area contributed by atoms with E-state index < -0.39 is 6.04 Å². The van der Waals surface area contributed by atoms with Crippen LogP contribution in [0.3, 0.4) is 0 Å². The summed E-state index contributed by atoms with van der Waals surface area (Å²) in [6, 6.07) is 27.0.